The second kappa shape index (κ2) is 8.19. The van der Waals surface area contributed by atoms with E-state index in [1.54, 1.807) is 0 Å². The van der Waals surface area contributed by atoms with Gasteiger partial charge in [0.25, 0.3) is 0 Å². The predicted molar refractivity (Wildman–Crippen MR) is 120 cm³/mol. The van der Waals surface area contributed by atoms with E-state index in [0.29, 0.717) is 19.4 Å². The Hall–Kier alpha value is -2.95. The Morgan fingerprint density at radius 2 is 1.31 bits per heavy atom. The summed E-state index contributed by atoms with van der Waals surface area (Å²) in [6.07, 6.45) is 2.79. The highest BCUT2D eigenvalue weighted by atomic mass is 16.5. The molecule has 2 aromatic rings. The number of ether oxygens (including phenoxy) is 1. The predicted octanol–water partition coefficient (Wildman–Crippen LogP) is 4.39. The fourth-order valence-corrected chi connectivity index (χ4v) is 6.06. The molecule has 1 heterocycles. The zero-order chi connectivity index (χ0) is 22.4. The molecule has 1 fully saturated rings. The number of nitrogens with zero attached hydrogens (tertiary/aromatic N) is 1. The minimum atomic E-state index is -0.835. The van der Waals surface area contributed by atoms with Crippen LogP contribution in [0.15, 0.2) is 48.5 Å². The average Bonchev–Trinajstić information content (AvgIpc) is 3.09. The number of carbonyl (C=O) groups is 3. The monoisotopic (exact) mass is 431 g/mol. The number of rotatable bonds is 7. The van der Waals surface area contributed by atoms with Crippen LogP contribution in [0, 0.1) is 11.8 Å². The van der Waals surface area contributed by atoms with Gasteiger partial charge in [0.15, 0.2) is 0 Å². The molecule has 3 atom stereocenters. The SMILES string of the molecule is CCCC[C@H](C(=O)OCCC)N1C(=O)[C@@H]2C3c4ccccc4C(c4ccccc43)[C@H]2C1=O. The van der Waals surface area contributed by atoms with E-state index in [1.165, 1.54) is 4.90 Å². The molecule has 2 aromatic carbocycles. The molecule has 2 bridgehead atoms. The fourth-order valence-electron chi connectivity index (χ4n) is 6.06. The number of likely N-dealkylation sites (tertiary alicyclic amines) is 1. The topological polar surface area (TPSA) is 63.7 Å². The highest BCUT2D eigenvalue weighted by molar-refractivity contribution is 6.10. The van der Waals surface area contributed by atoms with Crippen molar-refractivity contribution in [1.82, 2.24) is 4.90 Å². The van der Waals surface area contributed by atoms with E-state index in [4.69, 9.17) is 4.74 Å². The second-order valence-corrected chi connectivity index (χ2v) is 9.14. The molecular formula is C27H29NO4. The van der Waals surface area contributed by atoms with Crippen molar-refractivity contribution < 1.29 is 19.1 Å². The zero-order valence-electron chi connectivity index (χ0n) is 18.6. The molecule has 0 radical (unpaired) electrons. The molecular weight excluding hydrogens is 402 g/mol. The summed E-state index contributed by atoms with van der Waals surface area (Å²) in [4.78, 5) is 41.9. The van der Waals surface area contributed by atoms with Crippen LogP contribution in [0.5, 0.6) is 0 Å². The first-order valence-corrected chi connectivity index (χ1v) is 11.8. The van der Waals surface area contributed by atoms with Crippen LogP contribution in [0.4, 0.5) is 0 Å². The molecule has 0 unspecified atom stereocenters. The van der Waals surface area contributed by atoms with Gasteiger partial charge in [0, 0.05) is 11.8 Å². The zero-order valence-corrected chi connectivity index (χ0v) is 18.6. The smallest absolute Gasteiger partial charge is 0.329 e. The molecule has 5 nitrogen and oxygen atoms in total. The quantitative estimate of drug-likeness (QED) is 0.482. The Labute approximate surface area is 188 Å². The maximum absolute atomic E-state index is 13.8. The van der Waals surface area contributed by atoms with Crippen LogP contribution >= 0.6 is 0 Å². The molecule has 2 amide bonds. The molecule has 32 heavy (non-hydrogen) atoms. The van der Waals surface area contributed by atoms with Gasteiger partial charge in [-0.15, -0.1) is 0 Å². The van der Waals surface area contributed by atoms with E-state index in [9.17, 15) is 14.4 Å². The lowest BCUT2D eigenvalue weighted by Gasteiger charge is -2.45. The minimum Gasteiger partial charge on any atom is -0.464 e. The second-order valence-electron chi connectivity index (χ2n) is 9.14. The van der Waals surface area contributed by atoms with E-state index in [1.807, 2.05) is 38.1 Å². The molecule has 1 saturated heterocycles. The number of esters is 1. The summed E-state index contributed by atoms with van der Waals surface area (Å²) in [5, 5.41) is 0. The van der Waals surface area contributed by atoms with E-state index < -0.39 is 23.8 Å². The van der Waals surface area contributed by atoms with Crippen molar-refractivity contribution in [2.45, 2.75) is 57.4 Å². The third-order valence-corrected chi connectivity index (χ3v) is 7.35. The van der Waals surface area contributed by atoms with Crippen molar-refractivity contribution in [1.29, 1.82) is 0 Å². The Morgan fingerprint density at radius 1 is 0.844 bits per heavy atom. The first-order valence-electron chi connectivity index (χ1n) is 11.8. The molecule has 0 N–H and O–H groups in total. The molecule has 0 aromatic heterocycles. The number of benzene rings is 2. The van der Waals surface area contributed by atoms with Gasteiger partial charge < -0.3 is 4.74 Å². The normalized spacial score (nSPS) is 25.9. The number of imide groups is 1. The van der Waals surface area contributed by atoms with Gasteiger partial charge in [0.2, 0.25) is 11.8 Å². The molecule has 4 aliphatic rings. The largest absolute Gasteiger partial charge is 0.464 e. The van der Waals surface area contributed by atoms with Gasteiger partial charge in [-0.3, -0.25) is 14.5 Å². The Bertz CT molecular complexity index is 961. The standard InChI is InChI=1S/C27H29NO4/c1-3-5-14-20(27(31)32-15-4-2)28-25(29)23-21-16-10-6-7-11-17(16)22(24(23)26(28)30)19-13-9-8-12-18(19)21/h6-13,20-24H,3-5,14-15H2,1-2H3/t20-,21?,22?,23-,24-/m1/s1. The third kappa shape index (κ3) is 2.94. The van der Waals surface area contributed by atoms with E-state index >= 15 is 0 Å². The maximum Gasteiger partial charge on any atom is 0.329 e. The summed E-state index contributed by atoms with van der Waals surface area (Å²) in [5.74, 6) is -2.11. The first-order chi connectivity index (χ1) is 15.6. The number of hydrogen-bond acceptors (Lipinski definition) is 4. The summed E-state index contributed by atoms with van der Waals surface area (Å²) < 4.78 is 5.42. The number of hydrogen-bond donors (Lipinski definition) is 0. The van der Waals surface area contributed by atoms with Gasteiger partial charge in [-0.05, 0) is 35.1 Å². The van der Waals surface area contributed by atoms with Gasteiger partial charge in [0.05, 0.1) is 18.4 Å². The van der Waals surface area contributed by atoms with Crippen LogP contribution in [-0.2, 0) is 19.1 Å². The third-order valence-electron chi connectivity index (χ3n) is 7.35. The summed E-state index contributed by atoms with van der Waals surface area (Å²) >= 11 is 0. The summed E-state index contributed by atoms with van der Waals surface area (Å²) in [6, 6.07) is 15.5. The molecule has 5 heteroatoms. The van der Waals surface area contributed by atoms with Crippen LogP contribution in [0.3, 0.4) is 0 Å². The molecule has 166 valence electrons. The highest BCUT2D eigenvalue weighted by Crippen LogP contribution is 2.61. The molecule has 0 spiro atoms. The number of carbonyl (C=O) groups excluding carboxylic acids is 3. The Balaban J connectivity index is 1.59. The minimum absolute atomic E-state index is 0.155. The van der Waals surface area contributed by atoms with Crippen LogP contribution in [0.2, 0.25) is 0 Å². The fraction of sp³-hybridized carbons (Fsp3) is 0.444. The lowest BCUT2D eigenvalue weighted by atomic mass is 9.55. The van der Waals surface area contributed by atoms with Crippen LogP contribution < -0.4 is 0 Å². The average molecular weight is 432 g/mol. The number of unbranched alkanes of at least 4 members (excludes halogenated alkanes) is 1. The Morgan fingerprint density at radius 3 is 1.72 bits per heavy atom. The van der Waals surface area contributed by atoms with Gasteiger partial charge in [-0.2, -0.15) is 0 Å². The van der Waals surface area contributed by atoms with Crippen LogP contribution in [-0.4, -0.2) is 35.3 Å². The van der Waals surface area contributed by atoms with E-state index in [2.05, 4.69) is 24.3 Å². The summed E-state index contributed by atoms with van der Waals surface area (Å²) in [6.45, 7) is 4.27. The van der Waals surface area contributed by atoms with Crippen molar-refractivity contribution >= 4 is 17.8 Å². The lowest BCUT2D eigenvalue weighted by molar-refractivity contribution is -0.159. The first kappa shape index (κ1) is 20.9. The molecule has 0 saturated carbocycles. The van der Waals surface area contributed by atoms with Crippen molar-refractivity contribution in [3.05, 3.63) is 70.8 Å². The van der Waals surface area contributed by atoms with Gasteiger partial charge >= 0.3 is 5.97 Å². The highest BCUT2D eigenvalue weighted by Gasteiger charge is 2.63. The Kier molecular flexibility index (Phi) is 5.36. The molecule has 6 rings (SSSR count). The van der Waals surface area contributed by atoms with Gasteiger partial charge in [0.1, 0.15) is 6.04 Å². The maximum atomic E-state index is 13.8. The van der Waals surface area contributed by atoms with Crippen molar-refractivity contribution in [3.63, 3.8) is 0 Å². The van der Waals surface area contributed by atoms with Crippen LogP contribution in [0.1, 0.15) is 73.6 Å². The van der Waals surface area contributed by atoms with Crippen molar-refractivity contribution in [2.75, 3.05) is 6.61 Å². The molecule has 1 aliphatic heterocycles. The van der Waals surface area contributed by atoms with Gasteiger partial charge in [-0.25, -0.2) is 4.79 Å². The van der Waals surface area contributed by atoms with Crippen LogP contribution in [0.25, 0.3) is 0 Å². The van der Waals surface area contributed by atoms with E-state index in [0.717, 1.165) is 35.1 Å². The van der Waals surface area contributed by atoms with Crippen molar-refractivity contribution in [3.8, 4) is 0 Å². The lowest BCUT2D eigenvalue weighted by Crippen LogP contribution is -2.46. The summed E-state index contributed by atoms with van der Waals surface area (Å²) in [7, 11) is 0. The molecule has 3 aliphatic carbocycles. The van der Waals surface area contributed by atoms with Gasteiger partial charge in [-0.1, -0.05) is 75.2 Å². The summed E-state index contributed by atoms with van der Waals surface area (Å²) in [5.41, 5.74) is 4.55. The van der Waals surface area contributed by atoms with Crippen molar-refractivity contribution in [2.24, 2.45) is 11.8 Å². The number of amides is 2. The van der Waals surface area contributed by atoms with E-state index in [-0.39, 0.29) is 23.7 Å².